The lowest BCUT2D eigenvalue weighted by molar-refractivity contribution is -0.144. The van der Waals surface area contributed by atoms with Crippen LogP contribution >= 0.6 is 0 Å². The van der Waals surface area contributed by atoms with Crippen LogP contribution in [-0.4, -0.2) is 34.2 Å². The Labute approximate surface area is 138 Å². The molecule has 4 heterocycles. The highest BCUT2D eigenvalue weighted by Gasteiger charge is 2.36. The van der Waals surface area contributed by atoms with Crippen LogP contribution in [0.2, 0.25) is 0 Å². The number of nitrogens with one attached hydrogen (secondary N) is 1. The van der Waals surface area contributed by atoms with E-state index >= 15 is 0 Å². The van der Waals surface area contributed by atoms with Gasteiger partial charge in [0.1, 0.15) is 5.82 Å². The van der Waals surface area contributed by atoms with Crippen molar-refractivity contribution in [2.24, 2.45) is 0 Å². The van der Waals surface area contributed by atoms with Crippen LogP contribution in [-0.2, 0) is 12.7 Å². The number of hydrogen-bond acceptors (Lipinski definition) is 6. The van der Waals surface area contributed by atoms with Gasteiger partial charge in [-0.1, -0.05) is 0 Å². The summed E-state index contributed by atoms with van der Waals surface area (Å²) in [4.78, 5) is 11.6. The van der Waals surface area contributed by atoms with E-state index in [1.807, 2.05) is 0 Å². The van der Waals surface area contributed by atoms with Gasteiger partial charge in [-0.25, -0.2) is 14.5 Å². The number of rotatable bonds is 3. The van der Waals surface area contributed by atoms with Crippen molar-refractivity contribution in [3.8, 4) is 0 Å². The Bertz CT molecular complexity index is 1060. The number of anilines is 1. The van der Waals surface area contributed by atoms with Crippen molar-refractivity contribution in [1.82, 2.24) is 34.2 Å². The SMILES string of the molecule is Cc1cc(NCc2ccnc3ccnn23)n2nc(C(F)(F)F)nc2n1. The van der Waals surface area contributed by atoms with E-state index in [2.05, 4.69) is 30.5 Å². The molecule has 0 aliphatic carbocycles. The van der Waals surface area contributed by atoms with Crippen molar-refractivity contribution in [2.75, 3.05) is 5.32 Å². The number of aromatic nitrogens is 7. The molecular weight excluding hydrogens is 337 g/mol. The standard InChI is InChI=1S/C14H11F3N8/c1-8-6-11(25-13(21-8)22-12(23-25)14(15,16)17)19-7-9-2-4-18-10-3-5-20-24(9)10/h2-6,19H,7H2,1H3. The minimum absolute atomic E-state index is 0.117. The van der Waals surface area contributed by atoms with Gasteiger partial charge in [-0.05, 0) is 13.0 Å². The molecule has 1 N–H and O–H groups in total. The summed E-state index contributed by atoms with van der Waals surface area (Å²) >= 11 is 0. The Morgan fingerprint density at radius 1 is 1.12 bits per heavy atom. The van der Waals surface area contributed by atoms with Gasteiger partial charge in [0.2, 0.25) is 0 Å². The Kier molecular flexibility index (Phi) is 3.30. The largest absolute Gasteiger partial charge is 0.453 e. The first-order valence-corrected chi connectivity index (χ1v) is 7.25. The topological polar surface area (TPSA) is 85.3 Å². The molecule has 4 aromatic heterocycles. The van der Waals surface area contributed by atoms with Gasteiger partial charge in [-0.2, -0.15) is 27.8 Å². The fourth-order valence-electron chi connectivity index (χ4n) is 2.43. The van der Waals surface area contributed by atoms with E-state index in [1.54, 1.807) is 42.0 Å². The molecule has 11 heteroatoms. The molecule has 4 aromatic rings. The van der Waals surface area contributed by atoms with Crippen LogP contribution in [0.15, 0.2) is 30.6 Å². The highest BCUT2D eigenvalue weighted by molar-refractivity contribution is 5.46. The Balaban J connectivity index is 1.71. The molecule has 0 aliphatic heterocycles. The summed E-state index contributed by atoms with van der Waals surface area (Å²) in [7, 11) is 0. The smallest absolute Gasteiger partial charge is 0.364 e. The highest BCUT2D eigenvalue weighted by Crippen LogP contribution is 2.27. The minimum Gasteiger partial charge on any atom is -0.364 e. The van der Waals surface area contributed by atoms with Crippen LogP contribution in [0.25, 0.3) is 11.4 Å². The lowest BCUT2D eigenvalue weighted by Crippen LogP contribution is -2.11. The molecule has 0 amide bonds. The van der Waals surface area contributed by atoms with E-state index < -0.39 is 12.0 Å². The zero-order valence-electron chi connectivity index (χ0n) is 12.9. The van der Waals surface area contributed by atoms with Crippen molar-refractivity contribution < 1.29 is 13.2 Å². The van der Waals surface area contributed by atoms with E-state index in [0.29, 0.717) is 23.7 Å². The summed E-state index contributed by atoms with van der Waals surface area (Å²) in [6.07, 6.45) is -1.38. The molecule has 0 saturated carbocycles. The summed E-state index contributed by atoms with van der Waals surface area (Å²) < 4.78 is 41.2. The van der Waals surface area contributed by atoms with Gasteiger partial charge in [-0.3, -0.25) is 0 Å². The van der Waals surface area contributed by atoms with E-state index in [1.165, 1.54) is 0 Å². The number of fused-ring (bicyclic) bond motifs is 2. The first-order valence-electron chi connectivity index (χ1n) is 7.25. The van der Waals surface area contributed by atoms with Crippen LogP contribution in [0, 0.1) is 6.92 Å². The maximum absolute atomic E-state index is 12.8. The second kappa shape index (κ2) is 5.40. The van der Waals surface area contributed by atoms with Crippen LogP contribution in [0.5, 0.6) is 0 Å². The number of alkyl halides is 3. The molecule has 0 bridgehead atoms. The molecular formula is C14H11F3N8. The maximum atomic E-state index is 12.8. The summed E-state index contributed by atoms with van der Waals surface area (Å²) in [6, 6.07) is 5.12. The monoisotopic (exact) mass is 348 g/mol. The van der Waals surface area contributed by atoms with E-state index in [-0.39, 0.29) is 5.78 Å². The predicted octanol–water partition coefficient (Wildman–Crippen LogP) is 2.11. The van der Waals surface area contributed by atoms with E-state index in [0.717, 1.165) is 10.2 Å². The van der Waals surface area contributed by atoms with Crippen LogP contribution < -0.4 is 5.32 Å². The molecule has 0 fully saturated rings. The molecule has 0 radical (unpaired) electrons. The fraction of sp³-hybridized carbons (Fsp3) is 0.214. The molecule has 0 aromatic carbocycles. The number of aryl methyl sites for hydroxylation is 1. The Morgan fingerprint density at radius 3 is 2.76 bits per heavy atom. The van der Waals surface area contributed by atoms with Gasteiger partial charge in [0.05, 0.1) is 18.4 Å². The van der Waals surface area contributed by atoms with Gasteiger partial charge in [0.15, 0.2) is 5.65 Å². The summed E-state index contributed by atoms with van der Waals surface area (Å²) in [5.74, 6) is -0.997. The number of nitrogens with zero attached hydrogens (tertiary/aromatic N) is 7. The van der Waals surface area contributed by atoms with E-state index in [9.17, 15) is 13.2 Å². The highest BCUT2D eigenvalue weighted by atomic mass is 19.4. The molecule has 128 valence electrons. The maximum Gasteiger partial charge on any atom is 0.453 e. The number of hydrogen-bond donors (Lipinski definition) is 1. The predicted molar refractivity (Wildman–Crippen MR) is 80.8 cm³/mol. The molecule has 0 saturated heterocycles. The quantitative estimate of drug-likeness (QED) is 0.610. The third-order valence-corrected chi connectivity index (χ3v) is 3.51. The van der Waals surface area contributed by atoms with Crippen molar-refractivity contribution in [3.63, 3.8) is 0 Å². The molecule has 0 atom stereocenters. The summed E-state index contributed by atoms with van der Waals surface area (Å²) in [6.45, 7) is 1.98. The zero-order chi connectivity index (χ0) is 17.6. The fourth-order valence-corrected chi connectivity index (χ4v) is 2.43. The second-order valence-corrected chi connectivity index (χ2v) is 5.32. The first-order chi connectivity index (χ1) is 11.9. The zero-order valence-corrected chi connectivity index (χ0v) is 12.9. The molecule has 0 spiro atoms. The van der Waals surface area contributed by atoms with Crippen LogP contribution in [0.1, 0.15) is 17.2 Å². The van der Waals surface area contributed by atoms with Crippen molar-refractivity contribution in [2.45, 2.75) is 19.6 Å². The van der Waals surface area contributed by atoms with Gasteiger partial charge in [0, 0.05) is 24.0 Å². The molecule has 0 unspecified atom stereocenters. The lowest BCUT2D eigenvalue weighted by Gasteiger charge is -2.09. The third-order valence-electron chi connectivity index (χ3n) is 3.51. The van der Waals surface area contributed by atoms with Crippen molar-refractivity contribution in [1.29, 1.82) is 0 Å². The number of halogens is 3. The second-order valence-electron chi connectivity index (χ2n) is 5.32. The molecule has 0 aliphatic rings. The molecule has 25 heavy (non-hydrogen) atoms. The van der Waals surface area contributed by atoms with Crippen LogP contribution in [0.3, 0.4) is 0 Å². The normalized spacial score (nSPS) is 12.2. The minimum atomic E-state index is -4.63. The summed E-state index contributed by atoms with van der Waals surface area (Å²) in [5, 5.41) is 10.7. The van der Waals surface area contributed by atoms with Crippen LogP contribution in [0.4, 0.5) is 19.0 Å². The average Bonchev–Trinajstić information content (AvgIpc) is 3.18. The average molecular weight is 348 g/mol. The Morgan fingerprint density at radius 2 is 1.96 bits per heavy atom. The van der Waals surface area contributed by atoms with Gasteiger partial charge in [0.25, 0.3) is 11.6 Å². The Hall–Kier alpha value is -3.24. The first kappa shape index (κ1) is 15.3. The summed E-state index contributed by atoms with van der Waals surface area (Å²) in [5.41, 5.74) is 1.99. The van der Waals surface area contributed by atoms with Crippen molar-refractivity contribution in [3.05, 3.63) is 47.8 Å². The molecule has 8 nitrogen and oxygen atoms in total. The van der Waals surface area contributed by atoms with Crippen molar-refractivity contribution >= 4 is 17.2 Å². The van der Waals surface area contributed by atoms with Gasteiger partial charge in [-0.15, -0.1) is 5.10 Å². The van der Waals surface area contributed by atoms with E-state index in [4.69, 9.17) is 0 Å². The van der Waals surface area contributed by atoms with Gasteiger partial charge >= 0.3 is 6.18 Å². The molecule has 4 rings (SSSR count). The lowest BCUT2D eigenvalue weighted by atomic mass is 10.3. The third kappa shape index (κ3) is 2.73. The van der Waals surface area contributed by atoms with Gasteiger partial charge < -0.3 is 5.32 Å².